The van der Waals surface area contributed by atoms with Crippen LogP contribution in [0.25, 0.3) is 5.65 Å². The molecule has 7 nitrogen and oxygen atoms in total. The van der Waals surface area contributed by atoms with Crippen molar-refractivity contribution in [1.82, 2.24) is 29.5 Å². The van der Waals surface area contributed by atoms with Gasteiger partial charge < -0.3 is 9.72 Å². The number of hydrogen-bond donors (Lipinski definition) is 1. The molecule has 0 saturated carbocycles. The van der Waals surface area contributed by atoms with Crippen molar-refractivity contribution in [2.75, 3.05) is 0 Å². The van der Waals surface area contributed by atoms with Gasteiger partial charge in [-0.05, 0) is 30.5 Å². The highest BCUT2D eigenvalue weighted by atomic mass is 16.2. The first-order valence-corrected chi connectivity index (χ1v) is 8.82. The molecule has 136 valence electrons. The molecule has 7 heteroatoms. The molecule has 0 aliphatic carbocycles. The number of imidazole rings is 1. The number of rotatable bonds is 6. The van der Waals surface area contributed by atoms with Crippen molar-refractivity contribution in [2.24, 2.45) is 0 Å². The maximum atomic E-state index is 12.8. The van der Waals surface area contributed by atoms with Crippen LogP contribution in [0, 0.1) is 6.92 Å². The normalized spacial score (nSPS) is 12.2. The van der Waals surface area contributed by atoms with Gasteiger partial charge in [-0.15, -0.1) is 0 Å². The fraction of sp³-hybridized carbons (Fsp3) is 0.200. The third-order valence-corrected chi connectivity index (χ3v) is 4.45. The van der Waals surface area contributed by atoms with Crippen molar-refractivity contribution in [3.8, 4) is 0 Å². The Morgan fingerprint density at radius 2 is 2.00 bits per heavy atom. The summed E-state index contributed by atoms with van der Waals surface area (Å²) in [6, 6.07) is 13.7. The molecule has 0 radical (unpaired) electrons. The van der Waals surface area contributed by atoms with E-state index >= 15 is 0 Å². The molecule has 0 aliphatic rings. The number of fused-ring (bicyclic) bond motifs is 1. The Morgan fingerprint density at radius 1 is 1.15 bits per heavy atom. The van der Waals surface area contributed by atoms with Gasteiger partial charge in [0.1, 0.15) is 24.0 Å². The first-order chi connectivity index (χ1) is 13.2. The van der Waals surface area contributed by atoms with Crippen LogP contribution < -0.4 is 5.32 Å². The lowest BCUT2D eigenvalue weighted by Crippen LogP contribution is -2.29. The largest absolute Gasteiger partial charge is 0.344 e. The highest BCUT2D eigenvalue weighted by molar-refractivity contribution is 5.93. The molecule has 0 unspecified atom stereocenters. The summed E-state index contributed by atoms with van der Waals surface area (Å²) in [5.41, 5.74) is 3.32. The molecule has 0 spiro atoms. The lowest BCUT2D eigenvalue weighted by molar-refractivity contribution is 0.0929. The van der Waals surface area contributed by atoms with Crippen LogP contribution in [0.15, 0.2) is 67.5 Å². The van der Waals surface area contributed by atoms with Gasteiger partial charge in [0.2, 0.25) is 0 Å². The van der Waals surface area contributed by atoms with Crippen LogP contribution in [0.5, 0.6) is 0 Å². The second-order valence-corrected chi connectivity index (χ2v) is 6.48. The molecule has 0 saturated heterocycles. The molecule has 3 aromatic heterocycles. The Bertz CT molecular complexity index is 1040. The highest BCUT2D eigenvalue weighted by Gasteiger charge is 2.18. The second kappa shape index (κ2) is 7.41. The van der Waals surface area contributed by atoms with E-state index in [1.54, 1.807) is 17.2 Å². The van der Waals surface area contributed by atoms with E-state index in [4.69, 9.17) is 0 Å². The fourth-order valence-electron chi connectivity index (χ4n) is 3.06. The molecular weight excluding hydrogens is 340 g/mol. The van der Waals surface area contributed by atoms with Gasteiger partial charge in [-0.3, -0.25) is 9.48 Å². The minimum absolute atomic E-state index is 0.144. The zero-order chi connectivity index (χ0) is 18.6. The van der Waals surface area contributed by atoms with Crippen molar-refractivity contribution in [1.29, 1.82) is 0 Å². The Hall–Kier alpha value is -3.48. The monoisotopic (exact) mass is 360 g/mol. The Balaban J connectivity index is 1.54. The standard InChI is InChI=1S/C20H20N6O/c1-15-7-8-19-23-18(12-25(19)11-15)20(27)24-17(16-5-3-2-4-6-16)9-10-26-14-21-13-22-26/h2-8,11-14,17H,9-10H2,1H3,(H,24,27)/t17-/m1/s1. The second-order valence-electron chi connectivity index (χ2n) is 6.48. The van der Waals surface area contributed by atoms with E-state index < -0.39 is 0 Å². The lowest BCUT2D eigenvalue weighted by Gasteiger charge is -2.18. The molecule has 0 bridgehead atoms. The fourth-order valence-corrected chi connectivity index (χ4v) is 3.06. The van der Waals surface area contributed by atoms with E-state index in [9.17, 15) is 4.79 Å². The Kier molecular flexibility index (Phi) is 4.65. The van der Waals surface area contributed by atoms with Gasteiger partial charge in [0.25, 0.3) is 5.91 Å². The van der Waals surface area contributed by atoms with E-state index in [0.29, 0.717) is 18.7 Å². The topological polar surface area (TPSA) is 77.1 Å². The van der Waals surface area contributed by atoms with Crippen molar-refractivity contribution in [3.63, 3.8) is 0 Å². The number of nitrogens with one attached hydrogen (secondary N) is 1. The van der Waals surface area contributed by atoms with Crippen molar-refractivity contribution >= 4 is 11.6 Å². The third-order valence-electron chi connectivity index (χ3n) is 4.45. The van der Waals surface area contributed by atoms with Crippen molar-refractivity contribution < 1.29 is 4.79 Å². The predicted molar refractivity (Wildman–Crippen MR) is 101 cm³/mol. The number of aryl methyl sites for hydroxylation is 2. The van der Waals surface area contributed by atoms with Gasteiger partial charge in [0.15, 0.2) is 0 Å². The molecule has 1 amide bonds. The van der Waals surface area contributed by atoms with E-state index in [2.05, 4.69) is 20.4 Å². The van der Waals surface area contributed by atoms with Crippen LogP contribution in [0.1, 0.15) is 34.1 Å². The third kappa shape index (κ3) is 3.87. The number of pyridine rings is 1. The molecule has 1 N–H and O–H groups in total. The summed E-state index contributed by atoms with van der Waals surface area (Å²) in [6.07, 6.45) is 7.60. The molecule has 1 aromatic carbocycles. The van der Waals surface area contributed by atoms with Gasteiger partial charge in [-0.1, -0.05) is 36.4 Å². The van der Waals surface area contributed by atoms with Crippen LogP contribution in [0.3, 0.4) is 0 Å². The number of aromatic nitrogens is 5. The van der Waals surface area contributed by atoms with E-state index in [1.165, 1.54) is 6.33 Å². The number of nitrogens with zero attached hydrogens (tertiary/aromatic N) is 5. The summed E-state index contributed by atoms with van der Waals surface area (Å²) in [5, 5.41) is 7.24. The predicted octanol–water partition coefficient (Wildman–Crippen LogP) is 2.80. The van der Waals surface area contributed by atoms with Crippen LogP contribution >= 0.6 is 0 Å². The molecule has 1 atom stereocenters. The number of carbonyl (C=O) groups excluding carboxylic acids is 1. The summed E-state index contributed by atoms with van der Waals surface area (Å²) in [6.45, 7) is 2.67. The highest BCUT2D eigenvalue weighted by Crippen LogP contribution is 2.18. The molecule has 0 aliphatic heterocycles. The zero-order valence-corrected chi connectivity index (χ0v) is 15.0. The van der Waals surface area contributed by atoms with E-state index in [0.717, 1.165) is 16.8 Å². The number of amides is 1. The van der Waals surface area contributed by atoms with Crippen LogP contribution in [0.4, 0.5) is 0 Å². The average molecular weight is 360 g/mol. The van der Waals surface area contributed by atoms with Crippen LogP contribution in [0.2, 0.25) is 0 Å². The van der Waals surface area contributed by atoms with E-state index in [1.807, 2.05) is 60.0 Å². The summed E-state index contributed by atoms with van der Waals surface area (Å²) < 4.78 is 3.63. The summed E-state index contributed by atoms with van der Waals surface area (Å²) in [7, 11) is 0. The van der Waals surface area contributed by atoms with Gasteiger partial charge in [0, 0.05) is 18.9 Å². The van der Waals surface area contributed by atoms with Gasteiger partial charge in [0.05, 0.1) is 6.04 Å². The van der Waals surface area contributed by atoms with Crippen LogP contribution in [-0.2, 0) is 6.54 Å². The minimum Gasteiger partial charge on any atom is -0.344 e. The molecule has 27 heavy (non-hydrogen) atoms. The van der Waals surface area contributed by atoms with Gasteiger partial charge >= 0.3 is 0 Å². The number of hydrogen-bond acceptors (Lipinski definition) is 4. The lowest BCUT2D eigenvalue weighted by atomic mass is 10.0. The van der Waals surface area contributed by atoms with Gasteiger partial charge in [-0.25, -0.2) is 9.97 Å². The molecule has 4 rings (SSSR count). The van der Waals surface area contributed by atoms with Crippen molar-refractivity contribution in [3.05, 3.63) is 84.3 Å². The quantitative estimate of drug-likeness (QED) is 0.574. The smallest absolute Gasteiger partial charge is 0.271 e. The average Bonchev–Trinajstić information content (AvgIpc) is 3.35. The Morgan fingerprint density at radius 3 is 2.78 bits per heavy atom. The zero-order valence-electron chi connectivity index (χ0n) is 15.0. The molecule has 0 fully saturated rings. The van der Waals surface area contributed by atoms with Gasteiger partial charge in [-0.2, -0.15) is 5.10 Å². The first kappa shape index (κ1) is 17.0. The SMILES string of the molecule is Cc1ccc2nc(C(=O)N[C@H](CCn3cncn3)c3ccccc3)cn2c1. The maximum Gasteiger partial charge on any atom is 0.271 e. The number of carbonyl (C=O) groups is 1. The van der Waals surface area contributed by atoms with Crippen LogP contribution in [-0.4, -0.2) is 30.1 Å². The maximum absolute atomic E-state index is 12.8. The molecular formula is C20H20N6O. The summed E-state index contributed by atoms with van der Waals surface area (Å²) in [4.78, 5) is 21.2. The Labute approximate surface area is 156 Å². The number of benzene rings is 1. The van der Waals surface area contributed by atoms with E-state index in [-0.39, 0.29) is 11.9 Å². The molecule has 4 aromatic rings. The minimum atomic E-state index is -0.191. The first-order valence-electron chi connectivity index (χ1n) is 8.82. The summed E-state index contributed by atoms with van der Waals surface area (Å²) >= 11 is 0. The molecule has 3 heterocycles. The summed E-state index contributed by atoms with van der Waals surface area (Å²) in [5.74, 6) is -0.191. The van der Waals surface area contributed by atoms with Crippen molar-refractivity contribution in [2.45, 2.75) is 25.9 Å².